The van der Waals surface area contributed by atoms with Crippen LogP contribution < -0.4 is 9.64 Å². The molecular formula is C17H23NO2. The average molecular weight is 273 g/mol. The molecule has 0 atom stereocenters. The lowest BCUT2D eigenvalue weighted by atomic mass is 10.0. The highest BCUT2D eigenvalue weighted by Crippen LogP contribution is 2.31. The summed E-state index contributed by atoms with van der Waals surface area (Å²) in [6.45, 7) is 8.47. The number of hydrogen-bond acceptors (Lipinski definition) is 3. The highest BCUT2D eigenvalue weighted by atomic mass is 16.5. The van der Waals surface area contributed by atoms with E-state index in [0.717, 1.165) is 42.8 Å². The number of rotatable bonds is 6. The minimum atomic E-state index is 0.0818. The van der Waals surface area contributed by atoms with Crippen LogP contribution >= 0.6 is 0 Å². The summed E-state index contributed by atoms with van der Waals surface area (Å²) < 4.78 is 5.73. The fourth-order valence-corrected chi connectivity index (χ4v) is 2.46. The maximum Gasteiger partial charge on any atom is 0.159 e. The van der Waals surface area contributed by atoms with Crippen LogP contribution in [0.5, 0.6) is 5.75 Å². The lowest BCUT2D eigenvalue weighted by molar-refractivity contribution is -0.113. The summed E-state index contributed by atoms with van der Waals surface area (Å²) in [7, 11) is 0. The van der Waals surface area contributed by atoms with Gasteiger partial charge in [-0.05, 0) is 38.0 Å². The molecular weight excluding hydrogens is 250 g/mol. The quantitative estimate of drug-likeness (QED) is 0.792. The molecule has 0 radical (unpaired) electrons. The smallest absolute Gasteiger partial charge is 0.159 e. The van der Waals surface area contributed by atoms with Crippen LogP contribution in [0.15, 0.2) is 23.8 Å². The molecule has 3 heteroatoms. The predicted octanol–water partition coefficient (Wildman–Crippen LogP) is 3.68. The van der Waals surface area contributed by atoms with Crippen molar-refractivity contribution in [3.05, 3.63) is 29.3 Å². The number of anilines is 1. The lowest BCUT2D eigenvalue weighted by Crippen LogP contribution is -2.25. The van der Waals surface area contributed by atoms with Crippen molar-refractivity contribution in [3.63, 3.8) is 0 Å². The van der Waals surface area contributed by atoms with E-state index in [1.165, 1.54) is 5.69 Å². The zero-order chi connectivity index (χ0) is 14.5. The van der Waals surface area contributed by atoms with Crippen molar-refractivity contribution < 1.29 is 9.53 Å². The molecule has 0 bridgehead atoms. The van der Waals surface area contributed by atoms with Gasteiger partial charge in [0.25, 0.3) is 0 Å². The number of ether oxygens (including phenoxy) is 1. The van der Waals surface area contributed by atoms with E-state index in [-0.39, 0.29) is 5.78 Å². The van der Waals surface area contributed by atoms with Gasteiger partial charge in [-0.2, -0.15) is 0 Å². The van der Waals surface area contributed by atoms with Crippen molar-refractivity contribution in [1.29, 1.82) is 0 Å². The van der Waals surface area contributed by atoms with E-state index in [4.69, 9.17) is 4.74 Å². The number of fused-ring (bicyclic) bond motifs is 1. The molecule has 0 unspecified atom stereocenters. The third kappa shape index (κ3) is 3.21. The van der Waals surface area contributed by atoms with E-state index in [9.17, 15) is 4.79 Å². The largest absolute Gasteiger partial charge is 0.488 e. The van der Waals surface area contributed by atoms with Crippen LogP contribution in [-0.4, -0.2) is 25.5 Å². The maximum atomic E-state index is 11.4. The second-order valence-corrected chi connectivity index (χ2v) is 5.22. The number of hydrogen-bond donors (Lipinski definition) is 0. The molecule has 0 amide bonds. The summed E-state index contributed by atoms with van der Waals surface area (Å²) in [6, 6.07) is 6.26. The van der Waals surface area contributed by atoms with E-state index in [1.54, 1.807) is 6.92 Å². The van der Waals surface area contributed by atoms with Crippen molar-refractivity contribution >= 4 is 17.5 Å². The van der Waals surface area contributed by atoms with Gasteiger partial charge in [-0.3, -0.25) is 4.79 Å². The van der Waals surface area contributed by atoms with Crippen molar-refractivity contribution in [2.45, 2.75) is 33.6 Å². The molecule has 1 aromatic carbocycles. The van der Waals surface area contributed by atoms with Gasteiger partial charge in [-0.25, -0.2) is 0 Å². The molecule has 0 saturated carbocycles. The molecule has 0 spiro atoms. The Balaban J connectivity index is 2.26. The van der Waals surface area contributed by atoms with Crippen LogP contribution in [0.1, 0.15) is 39.2 Å². The Morgan fingerprint density at radius 3 is 2.55 bits per heavy atom. The van der Waals surface area contributed by atoms with Gasteiger partial charge in [0.15, 0.2) is 5.78 Å². The van der Waals surface area contributed by atoms with Crippen molar-refractivity contribution in [2.75, 3.05) is 24.6 Å². The number of nitrogens with zero attached hydrogens (tertiary/aromatic N) is 1. The standard InChI is InChI=1S/C17H23NO2/c1-4-8-18(9-5-2)16-7-6-14-10-15(13(3)19)12-20-17(14)11-16/h6-7,10-11H,4-5,8-9,12H2,1-3H3. The number of ketones is 1. The zero-order valence-corrected chi connectivity index (χ0v) is 12.6. The highest BCUT2D eigenvalue weighted by Gasteiger charge is 2.16. The van der Waals surface area contributed by atoms with Crippen LogP contribution in [0.25, 0.3) is 6.08 Å². The Hall–Kier alpha value is -1.77. The summed E-state index contributed by atoms with van der Waals surface area (Å²) >= 11 is 0. The second-order valence-electron chi connectivity index (χ2n) is 5.22. The Morgan fingerprint density at radius 2 is 1.95 bits per heavy atom. The van der Waals surface area contributed by atoms with E-state index in [1.807, 2.05) is 12.1 Å². The van der Waals surface area contributed by atoms with Gasteiger partial charge in [0.2, 0.25) is 0 Å². The summed E-state index contributed by atoms with van der Waals surface area (Å²) in [5, 5.41) is 0. The average Bonchev–Trinajstić information content (AvgIpc) is 2.46. The van der Waals surface area contributed by atoms with Crippen LogP contribution in [0.2, 0.25) is 0 Å². The first kappa shape index (κ1) is 14.6. The van der Waals surface area contributed by atoms with E-state index in [2.05, 4.69) is 30.9 Å². The number of carbonyl (C=O) groups excluding carboxylic acids is 1. The van der Waals surface area contributed by atoms with Gasteiger partial charge < -0.3 is 9.64 Å². The molecule has 1 heterocycles. The SMILES string of the molecule is CCCN(CCC)c1ccc2c(c1)OCC(C(C)=O)=C2. The van der Waals surface area contributed by atoms with Crippen LogP contribution in [-0.2, 0) is 4.79 Å². The van der Waals surface area contributed by atoms with Crippen LogP contribution in [0, 0.1) is 0 Å². The molecule has 2 rings (SSSR count). The Bertz CT molecular complexity index is 514. The normalized spacial score (nSPS) is 13.2. The van der Waals surface area contributed by atoms with Crippen molar-refractivity contribution in [2.24, 2.45) is 0 Å². The summed E-state index contributed by atoms with van der Waals surface area (Å²) in [4.78, 5) is 13.8. The molecule has 0 aromatic heterocycles. The first-order valence-electron chi connectivity index (χ1n) is 7.39. The Morgan fingerprint density at radius 1 is 1.25 bits per heavy atom. The molecule has 1 aliphatic rings. The summed E-state index contributed by atoms with van der Waals surface area (Å²) in [5.74, 6) is 0.961. The number of benzene rings is 1. The number of Topliss-reactive ketones (excluding diaryl/α,β-unsaturated/α-hetero) is 1. The first-order chi connectivity index (χ1) is 9.65. The van der Waals surface area contributed by atoms with Crippen LogP contribution in [0.3, 0.4) is 0 Å². The topological polar surface area (TPSA) is 29.5 Å². The molecule has 20 heavy (non-hydrogen) atoms. The van der Waals surface area contributed by atoms with Gasteiger partial charge in [-0.15, -0.1) is 0 Å². The second kappa shape index (κ2) is 6.60. The Kier molecular flexibility index (Phi) is 4.83. The third-order valence-electron chi connectivity index (χ3n) is 3.51. The molecule has 1 aromatic rings. The van der Waals surface area contributed by atoms with Gasteiger partial charge in [0.1, 0.15) is 12.4 Å². The fraction of sp³-hybridized carbons (Fsp3) is 0.471. The van der Waals surface area contributed by atoms with E-state index >= 15 is 0 Å². The molecule has 0 aliphatic carbocycles. The molecule has 108 valence electrons. The molecule has 0 saturated heterocycles. The fourth-order valence-electron chi connectivity index (χ4n) is 2.46. The number of carbonyl (C=O) groups is 1. The maximum absolute atomic E-state index is 11.4. The highest BCUT2D eigenvalue weighted by molar-refractivity contribution is 5.99. The molecule has 1 aliphatic heterocycles. The minimum absolute atomic E-state index is 0.0818. The first-order valence-corrected chi connectivity index (χ1v) is 7.39. The van der Waals surface area contributed by atoms with Crippen LogP contribution in [0.4, 0.5) is 5.69 Å². The molecule has 3 nitrogen and oxygen atoms in total. The van der Waals surface area contributed by atoms with E-state index < -0.39 is 0 Å². The van der Waals surface area contributed by atoms with E-state index in [0.29, 0.717) is 6.61 Å². The zero-order valence-electron chi connectivity index (χ0n) is 12.6. The molecule has 0 fully saturated rings. The third-order valence-corrected chi connectivity index (χ3v) is 3.51. The minimum Gasteiger partial charge on any atom is -0.488 e. The van der Waals surface area contributed by atoms with Gasteiger partial charge in [0.05, 0.1) is 0 Å². The predicted molar refractivity (Wildman–Crippen MR) is 83.4 cm³/mol. The van der Waals surface area contributed by atoms with Gasteiger partial charge in [-0.1, -0.05) is 13.8 Å². The van der Waals surface area contributed by atoms with Crippen molar-refractivity contribution in [3.8, 4) is 5.75 Å². The summed E-state index contributed by atoms with van der Waals surface area (Å²) in [6.07, 6.45) is 4.20. The van der Waals surface area contributed by atoms with Gasteiger partial charge in [0, 0.05) is 36.0 Å². The summed E-state index contributed by atoms with van der Waals surface area (Å²) in [5.41, 5.74) is 2.94. The lowest BCUT2D eigenvalue weighted by Gasteiger charge is -2.25. The van der Waals surface area contributed by atoms with Crippen molar-refractivity contribution in [1.82, 2.24) is 0 Å². The Labute approximate surface area is 121 Å². The monoisotopic (exact) mass is 273 g/mol. The molecule has 0 N–H and O–H groups in total. The van der Waals surface area contributed by atoms with Gasteiger partial charge >= 0.3 is 0 Å².